The summed E-state index contributed by atoms with van der Waals surface area (Å²) in [4.78, 5) is 2.45. The summed E-state index contributed by atoms with van der Waals surface area (Å²) in [5.74, 6) is 0. The summed E-state index contributed by atoms with van der Waals surface area (Å²) in [6.45, 7) is 6.58. The van der Waals surface area contributed by atoms with Gasteiger partial charge in [0.25, 0.3) is 0 Å². The SMILES string of the molecule is CCN(CC)c1ccccc1CCc1ccc(CCc2ccccc2)cc1. The number of rotatable bonds is 9. The maximum Gasteiger partial charge on any atom is 0.0398 e. The van der Waals surface area contributed by atoms with Crippen molar-refractivity contribution >= 4 is 5.69 Å². The fourth-order valence-electron chi connectivity index (χ4n) is 3.68. The average molecular weight is 358 g/mol. The molecule has 0 N–H and O–H groups in total. The van der Waals surface area contributed by atoms with Gasteiger partial charge in [-0.1, -0.05) is 72.8 Å². The highest BCUT2D eigenvalue weighted by Gasteiger charge is 2.07. The van der Waals surface area contributed by atoms with E-state index in [4.69, 9.17) is 0 Å². The summed E-state index contributed by atoms with van der Waals surface area (Å²) in [6.07, 6.45) is 4.40. The predicted molar refractivity (Wildman–Crippen MR) is 118 cm³/mol. The van der Waals surface area contributed by atoms with Crippen molar-refractivity contribution in [2.75, 3.05) is 18.0 Å². The zero-order valence-electron chi connectivity index (χ0n) is 16.7. The van der Waals surface area contributed by atoms with Gasteiger partial charge in [-0.3, -0.25) is 0 Å². The highest BCUT2D eigenvalue weighted by Crippen LogP contribution is 2.22. The van der Waals surface area contributed by atoms with Crippen LogP contribution in [0.15, 0.2) is 78.9 Å². The first kappa shape index (κ1) is 19.2. The second-order valence-corrected chi connectivity index (χ2v) is 7.10. The maximum atomic E-state index is 2.45. The van der Waals surface area contributed by atoms with E-state index in [1.807, 2.05) is 0 Å². The molecular weight excluding hydrogens is 326 g/mol. The predicted octanol–water partition coefficient (Wildman–Crippen LogP) is 6.10. The fourth-order valence-corrected chi connectivity index (χ4v) is 3.68. The Morgan fingerprint density at radius 3 is 1.59 bits per heavy atom. The second-order valence-electron chi connectivity index (χ2n) is 7.10. The van der Waals surface area contributed by atoms with Crippen molar-refractivity contribution in [2.24, 2.45) is 0 Å². The van der Waals surface area contributed by atoms with Gasteiger partial charge in [0, 0.05) is 18.8 Å². The molecule has 0 aliphatic heterocycles. The van der Waals surface area contributed by atoms with E-state index in [0.29, 0.717) is 0 Å². The number of hydrogen-bond acceptors (Lipinski definition) is 1. The van der Waals surface area contributed by atoms with Gasteiger partial charge in [-0.05, 0) is 67.9 Å². The number of hydrogen-bond donors (Lipinski definition) is 0. The summed E-state index contributed by atoms with van der Waals surface area (Å²) in [5.41, 5.74) is 7.10. The third-order valence-electron chi connectivity index (χ3n) is 5.35. The van der Waals surface area contributed by atoms with E-state index in [-0.39, 0.29) is 0 Å². The van der Waals surface area contributed by atoms with Gasteiger partial charge in [0.05, 0.1) is 0 Å². The molecule has 0 unspecified atom stereocenters. The molecule has 0 spiro atoms. The van der Waals surface area contributed by atoms with Crippen molar-refractivity contribution in [3.63, 3.8) is 0 Å². The van der Waals surface area contributed by atoms with Crippen LogP contribution in [0.4, 0.5) is 5.69 Å². The van der Waals surface area contributed by atoms with Crippen molar-refractivity contribution < 1.29 is 0 Å². The molecule has 0 aliphatic carbocycles. The quantitative estimate of drug-likeness (QED) is 0.447. The zero-order chi connectivity index (χ0) is 18.9. The van der Waals surface area contributed by atoms with Crippen LogP contribution in [-0.4, -0.2) is 13.1 Å². The lowest BCUT2D eigenvalue weighted by Gasteiger charge is -2.24. The molecule has 3 aromatic rings. The van der Waals surface area contributed by atoms with Crippen LogP contribution in [0.3, 0.4) is 0 Å². The Morgan fingerprint density at radius 2 is 1.00 bits per heavy atom. The summed E-state index contributed by atoms with van der Waals surface area (Å²) in [5, 5.41) is 0. The minimum Gasteiger partial charge on any atom is -0.372 e. The minimum atomic E-state index is 1.06. The molecule has 27 heavy (non-hydrogen) atoms. The molecule has 140 valence electrons. The van der Waals surface area contributed by atoms with Crippen molar-refractivity contribution in [3.05, 3.63) is 101 Å². The lowest BCUT2D eigenvalue weighted by Crippen LogP contribution is -2.23. The summed E-state index contributed by atoms with van der Waals surface area (Å²) in [6, 6.07) is 28.8. The van der Waals surface area contributed by atoms with Gasteiger partial charge in [0.15, 0.2) is 0 Å². The van der Waals surface area contributed by atoms with E-state index < -0.39 is 0 Å². The third-order valence-corrected chi connectivity index (χ3v) is 5.35. The van der Waals surface area contributed by atoms with Crippen LogP contribution in [0.5, 0.6) is 0 Å². The number of nitrogens with zero attached hydrogens (tertiary/aromatic N) is 1. The first-order valence-corrected chi connectivity index (χ1v) is 10.2. The van der Waals surface area contributed by atoms with Crippen LogP contribution in [0.1, 0.15) is 36.1 Å². The van der Waals surface area contributed by atoms with Gasteiger partial charge in [-0.2, -0.15) is 0 Å². The van der Waals surface area contributed by atoms with Gasteiger partial charge in [-0.25, -0.2) is 0 Å². The van der Waals surface area contributed by atoms with Crippen molar-refractivity contribution in [1.29, 1.82) is 0 Å². The molecule has 0 amide bonds. The molecule has 1 heteroatoms. The average Bonchev–Trinajstić information content (AvgIpc) is 2.74. The van der Waals surface area contributed by atoms with Crippen LogP contribution in [0.25, 0.3) is 0 Å². The van der Waals surface area contributed by atoms with Gasteiger partial charge < -0.3 is 4.90 Å². The van der Waals surface area contributed by atoms with Crippen LogP contribution in [0.2, 0.25) is 0 Å². The zero-order valence-corrected chi connectivity index (χ0v) is 16.7. The van der Waals surface area contributed by atoms with Crippen LogP contribution in [0, 0.1) is 0 Å². The van der Waals surface area contributed by atoms with Crippen molar-refractivity contribution in [3.8, 4) is 0 Å². The largest absolute Gasteiger partial charge is 0.372 e. The summed E-state index contributed by atoms with van der Waals surface area (Å²) in [7, 11) is 0. The van der Waals surface area contributed by atoms with Crippen molar-refractivity contribution in [2.45, 2.75) is 39.5 Å². The number of para-hydroxylation sites is 1. The van der Waals surface area contributed by atoms with E-state index in [9.17, 15) is 0 Å². The minimum absolute atomic E-state index is 1.06. The van der Waals surface area contributed by atoms with E-state index in [0.717, 1.165) is 38.8 Å². The first-order valence-electron chi connectivity index (χ1n) is 10.2. The fraction of sp³-hybridized carbons (Fsp3) is 0.308. The second kappa shape index (κ2) is 9.97. The molecule has 0 saturated carbocycles. The Balaban J connectivity index is 1.58. The van der Waals surface area contributed by atoms with E-state index in [1.54, 1.807) is 0 Å². The van der Waals surface area contributed by atoms with Crippen molar-refractivity contribution in [1.82, 2.24) is 0 Å². The Labute approximate surface area is 164 Å². The number of anilines is 1. The molecule has 0 aromatic heterocycles. The van der Waals surface area contributed by atoms with Gasteiger partial charge in [-0.15, -0.1) is 0 Å². The van der Waals surface area contributed by atoms with E-state index >= 15 is 0 Å². The van der Waals surface area contributed by atoms with Crippen LogP contribution in [-0.2, 0) is 25.7 Å². The topological polar surface area (TPSA) is 3.24 Å². The van der Waals surface area contributed by atoms with Gasteiger partial charge >= 0.3 is 0 Å². The standard InChI is InChI=1S/C26H31N/c1-3-27(4-2)26-13-9-8-12-25(26)21-20-24-18-16-23(17-19-24)15-14-22-10-6-5-7-11-22/h5-13,16-19H,3-4,14-15,20-21H2,1-2H3. The molecule has 3 aromatic carbocycles. The first-order chi connectivity index (χ1) is 13.3. The molecule has 0 radical (unpaired) electrons. The molecule has 0 atom stereocenters. The molecule has 0 saturated heterocycles. The smallest absolute Gasteiger partial charge is 0.0398 e. The lowest BCUT2D eigenvalue weighted by atomic mass is 9.99. The van der Waals surface area contributed by atoms with E-state index in [1.165, 1.54) is 27.9 Å². The molecule has 0 fully saturated rings. The molecule has 0 aliphatic rings. The molecule has 1 nitrogen and oxygen atoms in total. The maximum absolute atomic E-state index is 2.45. The summed E-state index contributed by atoms with van der Waals surface area (Å²) >= 11 is 0. The monoisotopic (exact) mass is 357 g/mol. The molecular formula is C26H31N. The Bertz CT molecular complexity index is 801. The van der Waals surface area contributed by atoms with E-state index in [2.05, 4.69) is 97.6 Å². The summed E-state index contributed by atoms with van der Waals surface area (Å²) < 4.78 is 0. The van der Waals surface area contributed by atoms with Gasteiger partial charge in [0.1, 0.15) is 0 Å². The molecule has 0 heterocycles. The van der Waals surface area contributed by atoms with Gasteiger partial charge in [0.2, 0.25) is 0 Å². The van der Waals surface area contributed by atoms with Crippen LogP contribution >= 0.6 is 0 Å². The number of benzene rings is 3. The highest BCUT2D eigenvalue weighted by molar-refractivity contribution is 5.53. The third kappa shape index (κ3) is 5.47. The Hall–Kier alpha value is -2.54. The number of aryl methyl sites for hydroxylation is 4. The highest BCUT2D eigenvalue weighted by atomic mass is 15.1. The van der Waals surface area contributed by atoms with Crippen LogP contribution < -0.4 is 4.90 Å². The molecule has 0 bridgehead atoms. The molecule has 3 rings (SSSR count). The Morgan fingerprint density at radius 1 is 0.519 bits per heavy atom. The lowest BCUT2D eigenvalue weighted by molar-refractivity contribution is 0.846. The Kier molecular flexibility index (Phi) is 7.10. The normalized spacial score (nSPS) is 10.7.